The molecule has 0 N–H and O–H groups in total. The average Bonchev–Trinajstić information content (AvgIpc) is 2.96. The van der Waals surface area contributed by atoms with Gasteiger partial charge in [-0.3, -0.25) is 9.58 Å². The van der Waals surface area contributed by atoms with Crippen molar-refractivity contribution in [1.82, 2.24) is 19.0 Å². The van der Waals surface area contributed by atoms with E-state index >= 15 is 0 Å². The summed E-state index contributed by atoms with van der Waals surface area (Å²) < 4.78 is 29.8. The highest BCUT2D eigenvalue weighted by molar-refractivity contribution is 7.89. The lowest BCUT2D eigenvalue weighted by Gasteiger charge is -2.29. The molecule has 0 bridgehead atoms. The van der Waals surface area contributed by atoms with Gasteiger partial charge in [-0.2, -0.15) is 9.40 Å². The molecule has 0 saturated carbocycles. The zero-order chi connectivity index (χ0) is 19.0. The topological polar surface area (TPSA) is 58.4 Å². The van der Waals surface area contributed by atoms with Crippen LogP contribution in [0.25, 0.3) is 0 Å². The summed E-state index contributed by atoms with van der Waals surface area (Å²) in [6, 6.07) is 8.54. The summed E-state index contributed by atoms with van der Waals surface area (Å²) >= 11 is 0. The zero-order valence-electron chi connectivity index (χ0n) is 16.2. The first kappa shape index (κ1) is 18.7. The monoisotopic (exact) mass is 388 g/mol. The van der Waals surface area contributed by atoms with Gasteiger partial charge in [-0.05, 0) is 44.2 Å². The Labute approximate surface area is 161 Å². The average molecular weight is 389 g/mol. The minimum absolute atomic E-state index is 0.404. The number of rotatable bonds is 4. The number of nitrogens with zero attached hydrogens (tertiary/aromatic N) is 4. The summed E-state index contributed by atoms with van der Waals surface area (Å²) in [5.41, 5.74) is 4.12. The number of benzene rings is 1. The molecule has 146 valence electrons. The smallest absolute Gasteiger partial charge is 0.246 e. The molecular formula is C20H28N4O2S. The Hall–Kier alpha value is -1.70. The Morgan fingerprint density at radius 1 is 1.00 bits per heavy atom. The van der Waals surface area contributed by atoms with E-state index in [9.17, 15) is 8.42 Å². The van der Waals surface area contributed by atoms with Crippen LogP contribution >= 0.6 is 0 Å². The summed E-state index contributed by atoms with van der Waals surface area (Å²) in [6.45, 7) is 7.40. The molecule has 0 aliphatic carbocycles. The number of hydrogen-bond acceptors (Lipinski definition) is 4. The molecule has 4 rings (SSSR count). The minimum atomic E-state index is -3.46. The highest BCUT2D eigenvalue weighted by atomic mass is 32.2. The molecule has 0 spiro atoms. The van der Waals surface area contributed by atoms with Crippen molar-refractivity contribution in [3.8, 4) is 0 Å². The van der Waals surface area contributed by atoms with Crippen LogP contribution in [-0.4, -0.2) is 47.0 Å². The van der Waals surface area contributed by atoms with Crippen molar-refractivity contribution in [3.05, 3.63) is 46.8 Å². The molecule has 1 aromatic heterocycles. The van der Waals surface area contributed by atoms with Gasteiger partial charge in [-0.25, -0.2) is 8.42 Å². The fraction of sp³-hybridized carbons (Fsp3) is 0.550. The van der Waals surface area contributed by atoms with Crippen LogP contribution in [0.15, 0.2) is 29.2 Å². The number of hydrogen-bond donors (Lipinski definition) is 0. The van der Waals surface area contributed by atoms with E-state index in [1.807, 2.05) is 18.5 Å². The van der Waals surface area contributed by atoms with Crippen LogP contribution < -0.4 is 0 Å². The second-order valence-corrected chi connectivity index (χ2v) is 9.55. The van der Waals surface area contributed by atoms with Crippen LogP contribution in [0.3, 0.4) is 0 Å². The Balaban J connectivity index is 1.56. The lowest BCUT2D eigenvalue weighted by Crippen LogP contribution is -2.36. The van der Waals surface area contributed by atoms with Crippen LogP contribution in [0.4, 0.5) is 0 Å². The first-order valence-corrected chi connectivity index (χ1v) is 11.2. The largest absolute Gasteiger partial charge is 0.280 e. The molecule has 1 aromatic carbocycles. The van der Waals surface area contributed by atoms with E-state index in [1.54, 1.807) is 4.31 Å². The quantitative estimate of drug-likeness (QED) is 0.808. The molecule has 7 heteroatoms. The zero-order valence-corrected chi connectivity index (χ0v) is 17.0. The molecule has 0 unspecified atom stereocenters. The SMILES string of the molecule is Cc1nn(CN2CCc3ccccc3C2)c(C)c1S(=O)(=O)N1CCCCC1. The molecule has 1 saturated heterocycles. The van der Waals surface area contributed by atoms with E-state index in [1.165, 1.54) is 11.1 Å². The molecule has 0 amide bonds. The summed E-state index contributed by atoms with van der Waals surface area (Å²) in [5.74, 6) is 0. The first-order chi connectivity index (χ1) is 13.0. The van der Waals surface area contributed by atoms with Crippen LogP contribution in [0.1, 0.15) is 41.8 Å². The molecule has 2 aliphatic rings. The van der Waals surface area contributed by atoms with Gasteiger partial charge < -0.3 is 0 Å². The number of aromatic nitrogens is 2. The summed E-state index contributed by atoms with van der Waals surface area (Å²) in [7, 11) is -3.46. The third-order valence-corrected chi connectivity index (χ3v) is 7.92. The predicted octanol–water partition coefficient (Wildman–Crippen LogP) is 2.69. The van der Waals surface area contributed by atoms with Gasteiger partial charge in [0, 0.05) is 26.2 Å². The van der Waals surface area contributed by atoms with Gasteiger partial charge in [0.2, 0.25) is 10.0 Å². The predicted molar refractivity (Wildman–Crippen MR) is 105 cm³/mol. The van der Waals surface area contributed by atoms with Gasteiger partial charge >= 0.3 is 0 Å². The van der Waals surface area contributed by atoms with Crippen LogP contribution in [0, 0.1) is 13.8 Å². The third-order valence-electron chi connectivity index (χ3n) is 5.77. The maximum absolute atomic E-state index is 13.2. The Bertz CT molecular complexity index is 929. The molecule has 2 aromatic rings. The van der Waals surface area contributed by atoms with Gasteiger partial charge in [-0.1, -0.05) is 30.7 Å². The van der Waals surface area contributed by atoms with Crippen LogP contribution in [0.5, 0.6) is 0 Å². The van der Waals surface area contributed by atoms with Gasteiger partial charge in [0.25, 0.3) is 0 Å². The maximum Gasteiger partial charge on any atom is 0.246 e. The van der Waals surface area contributed by atoms with E-state index in [-0.39, 0.29) is 0 Å². The highest BCUT2D eigenvalue weighted by Crippen LogP contribution is 2.27. The number of sulfonamides is 1. The molecule has 2 aliphatic heterocycles. The van der Waals surface area contributed by atoms with Crippen molar-refractivity contribution in [2.24, 2.45) is 0 Å². The summed E-state index contributed by atoms with van der Waals surface area (Å²) in [6.07, 6.45) is 4.02. The molecule has 0 atom stereocenters. The van der Waals surface area contributed by atoms with Crippen molar-refractivity contribution in [2.45, 2.75) is 57.6 Å². The van der Waals surface area contributed by atoms with E-state index in [4.69, 9.17) is 0 Å². The van der Waals surface area contributed by atoms with Gasteiger partial charge in [0.15, 0.2) is 0 Å². The molecule has 27 heavy (non-hydrogen) atoms. The van der Waals surface area contributed by atoms with E-state index in [0.717, 1.165) is 44.5 Å². The molecule has 6 nitrogen and oxygen atoms in total. The standard InChI is InChI=1S/C20H28N4O2S/c1-16-20(27(25,26)23-11-6-3-7-12-23)17(2)24(21-16)15-22-13-10-18-8-4-5-9-19(18)14-22/h4-5,8-9H,3,6-7,10-15H2,1-2H3. The molecule has 3 heterocycles. The Morgan fingerprint density at radius 3 is 2.44 bits per heavy atom. The number of fused-ring (bicyclic) bond motifs is 1. The van der Waals surface area contributed by atoms with Crippen molar-refractivity contribution >= 4 is 10.0 Å². The Morgan fingerprint density at radius 2 is 1.70 bits per heavy atom. The number of piperidine rings is 1. The second kappa shape index (κ2) is 7.37. The number of aryl methyl sites for hydroxylation is 1. The fourth-order valence-corrected chi connectivity index (χ4v) is 6.18. The van der Waals surface area contributed by atoms with E-state index in [2.05, 4.69) is 34.3 Å². The summed E-state index contributed by atoms with van der Waals surface area (Å²) in [4.78, 5) is 2.74. The molecular weight excluding hydrogens is 360 g/mol. The summed E-state index contributed by atoms with van der Waals surface area (Å²) in [5, 5.41) is 4.59. The molecule has 1 fully saturated rings. The van der Waals surface area contributed by atoms with Gasteiger partial charge in [-0.15, -0.1) is 0 Å². The van der Waals surface area contributed by atoms with Crippen molar-refractivity contribution in [3.63, 3.8) is 0 Å². The van der Waals surface area contributed by atoms with E-state index < -0.39 is 10.0 Å². The molecule has 0 radical (unpaired) electrons. The van der Waals surface area contributed by atoms with Crippen molar-refractivity contribution < 1.29 is 8.42 Å². The normalized spacial score (nSPS) is 19.2. The second-order valence-electron chi connectivity index (χ2n) is 7.68. The third kappa shape index (κ3) is 3.56. The lowest BCUT2D eigenvalue weighted by molar-refractivity contribution is 0.187. The minimum Gasteiger partial charge on any atom is -0.280 e. The van der Waals surface area contributed by atoms with Gasteiger partial charge in [0.05, 0.1) is 18.1 Å². The van der Waals surface area contributed by atoms with Crippen molar-refractivity contribution in [1.29, 1.82) is 0 Å². The van der Waals surface area contributed by atoms with Crippen LogP contribution in [0.2, 0.25) is 0 Å². The van der Waals surface area contributed by atoms with Crippen LogP contribution in [-0.2, 0) is 29.7 Å². The van der Waals surface area contributed by atoms with Gasteiger partial charge in [0.1, 0.15) is 4.90 Å². The van der Waals surface area contributed by atoms with E-state index in [0.29, 0.717) is 30.3 Å². The Kier molecular flexibility index (Phi) is 5.09. The first-order valence-electron chi connectivity index (χ1n) is 9.80. The highest BCUT2D eigenvalue weighted by Gasteiger charge is 2.32. The fourth-order valence-electron chi connectivity index (χ4n) is 4.29. The lowest BCUT2D eigenvalue weighted by atomic mass is 10.0. The maximum atomic E-state index is 13.2. The van der Waals surface area contributed by atoms with Crippen molar-refractivity contribution in [2.75, 3.05) is 19.6 Å².